The summed E-state index contributed by atoms with van der Waals surface area (Å²) in [6, 6.07) is 2.00. The number of aryl methyl sites for hydroxylation is 1. The van der Waals surface area contributed by atoms with Crippen LogP contribution in [-0.2, 0) is 6.54 Å². The Bertz CT molecular complexity index is 373. The van der Waals surface area contributed by atoms with Gasteiger partial charge in [-0.3, -0.25) is 4.68 Å². The highest BCUT2D eigenvalue weighted by Gasteiger charge is 2.14. The molecule has 0 radical (unpaired) electrons. The Morgan fingerprint density at radius 1 is 1.53 bits per heavy atom. The minimum absolute atomic E-state index is 0.195. The molecule has 0 amide bonds. The van der Waals surface area contributed by atoms with Gasteiger partial charge in [-0.15, -0.1) is 0 Å². The number of hydrogen-bond donors (Lipinski definition) is 1. The van der Waals surface area contributed by atoms with Crippen LogP contribution in [0.2, 0.25) is 0 Å². The quantitative estimate of drug-likeness (QED) is 0.815. The Morgan fingerprint density at radius 2 is 2.20 bits per heavy atom. The van der Waals surface area contributed by atoms with Crippen LogP contribution in [0.1, 0.15) is 36.8 Å². The summed E-state index contributed by atoms with van der Waals surface area (Å²) in [5.74, 6) is 0. The fourth-order valence-electron chi connectivity index (χ4n) is 1.63. The Kier molecular flexibility index (Phi) is 3.87. The fourth-order valence-corrected chi connectivity index (χ4v) is 1.63. The van der Waals surface area contributed by atoms with Crippen molar-refractivity contribution in [2.45, 2.75) is 40.3 Å². The number of aromatic nitrogens is 2. The van der Waals surface area contributed by atoms with Gasteiger partial charge in [0.1, 0.15) is 6.04 Å². The van der Waals surface area contributed by atoms with Crippen molar-refractivity contribution in [3.8, 4) is 6.07 Å². The van der Waals surface area contributed by atoms with Gasteiger partial charge in [-0.05, 0) is 27.3 Å². The van der Waals surface area contributed by atoms with Gasteiger partial charge in [0.25, 0.3) is 0 Å². The average Bonchev–Trinajstić information content (AvgIpc) is 2.51. The van der Waals surface area contributed by atoms with Gasteiger partial charge in [0.05, 0.1) is 11.8 Å². The lowest BCUT2D eigenvalue weighted by Gasteiger charge is -2.06. The first-order valence-corrected chi connectivity index (χ1v) is 5.26. The second kappa shape index (κ2) is 4.94. The van der Waals surface area contributed by atoms with Crippen LogP contribution in [0.5, 0.6) is 0 Å². The summed E-state index contributed by atoms with van der Waals surface area (Å²) < 4.78 is 1.79. The van der Waals surface area contributed by atoms with Crippen LogP contribution >= 0.6 is 0 Å². The van der Waals surface area contributed by atoms with E-state index in [2.05, 4.69) is 23.4 Å². The molecule has 1 N–H and O–H groups in total. The Balaban J connectivity index is 2.99. The molecule has 1 atom stereocenters. The number of nitrogens with zero attached hydrogens (tertiary/aromatic N) is 3. The van der Waals surface area contributed by atoms with E-state index in [1.807, 2.05) is 20.8 Å². The Morgan fingerprint density at radius 3 is 2.73 bits per heavy atom. The van der Waals surface area contributed by atoms with Gasteiger partial charge in [-0.25, -0.2) is 0 Å². The highest BCUT2D eigenvalue weighted by atomic mass is 15.3. The Hall–Kier alpha value is -1.34. The van der Waals surface area contributed by atoms with E-state index in [0.29, 0.717) is 0 Å². The van der Waals surface area contributed by atoms with Crippen molar-refractivity contribution >= 4 is 0 Å². The van der Waals surface area contributed by atoms with Crippen molar-refractivity contribution < 1.29 is 0 Å². The van der Waals surface area contributed by atoms with E-state index in [4.69, 9.17) is 5.26 Å². The zero-order chi connectivity index (χ0) is 11.4. The molecular weight excluding hydrogens is 188 g/mol. The molecule has 0 aliphatic rings. The normalized spacial score (nSPS) is 12.5. The predicted octanol–water partition coefficient (Wildman–Crippen LogP) is 1.69. The third-order valence-corrected chi connectivity index (χ3v) is 2.58. The maximum absolute atomic E-state index is 8.86. The lowest BCUT2D eigenvalue weighted by Crippen LogP contribution is -2.13. The van der Waals surface area contributed by atoms with E-state index in [0.717, 1.165) is 24.5 Å². The lowest BCUT2D eigenvalue weighted by molar-refractivity contribution is 0.569. The van der Waals surface area contributed by atoms with Gasteiger partial charge in [-0.1, -0.05) is 6.92 Å². The van der Waals surface area contributed by atoms with Gasteiger partial charge in [-0.2, -0.15) is 10.4 Å². The average molecular weight is 206 g/mol. The number of hydrogen-bond acceptors (Lipinski definition) is 3. The number of rotatable bonds is 4. The summed E-state index contributed by atoms with van der Waals surface area (Å²) in [6.07, 6.45) is 0. The predicted molar refractivity (Wildman–Crippen MR) is 59.4 cm³/mol. The molecule has 1 aromatic rings. The van der Waals surface area contributed by atoms with E-state index >= 15 is 0 Å². The molecule has 0 bridgehead atoms. The third kappa shape index (κ3) is 2.37. The van der Waals surface area contributed by atoms with Crippen molar-refractivity contribution in [3.63, 3.8) is 0 Å². The molecule has 15 heavy (non-hydrogen) atoms. The van der Waals surface area contributed by atoms with Crippen molar-refractivity contribution in [2.24, 2.45) is 0 Å². The molecule has 0 spiro atoms. The molecular formula is C11H18N4. The highest BCUT2D eigenvalue weighted by Crippen LogP contribution is 2.16. The van der Waals surface area contributed by atoms with Gasteiger partial charge < -0.3 is 5.32 Å². The largest absolute Gasteiger partial charge is 0.313 e. The van der Waals surface area contributed by atoms with Crippen molar-refractivity contribution in [2.75, 3.05) is 6.54 Å². The minimum Gasteiger partial charge on any atom is -0.313 e. The van der Waals surface area contributed by atoms with E-state index < -0.39 is 0 Å². The molecule has 4 heteroatoms. The highest BCUT2D eigenvalue weighted by molar-refractivity contribution is 5.25. The molecule has 4 nitrogen and oxygen atoms in total. The summed E-state index contributed by atoms with van der Waals surface area (Å²) in [7, 11) is 0. The molecule has 0 saturated carbocycles. The molecule has 1 unspecified atom stereocenters. The van der Waals surface area contributed by atoms with Crippen LogP contribution < -0.4 is 5.32 Å². The van der Waals surface area contributed by atoms with E-state index in [1.165, 1.54) is 5.56 Å². The van der Waals surface area contributed by atoms with Gasteiger partial charge >= 0.3 is 0 Å². The molecule has 1 rings (SSSR count). The van der Waals surface area contributed by atoms with E-state index in [9.17, 15) is 0 Å². The summed E-state index contributed by atoms with van der Waals surface area (Å²) in [6.45, 7) is 9.70. The van der Waals surface area contributed by atoms with Crippen LogP contribution in [-0.4, -0.2) is 16.3 Å². The monoisotopic (exact) mass is 206 g/mol. The smallest absolute Gasteiger partial charge is 0.136 e. The standard InChI is InChI=1S/C11H18N4/c1-5-13-7-11-9(3)14-15(10(11)4)8(2)6-12/h8,13H,5,7H2,1-4H3. The van der Waals surface area contributed by atoms with Gasteiger partial charge in [0, 0.05) is 17.8 Å². The van der Waals surface area contributed by atoms with Crippen LogP contribution in [0.15, 0.2) is 0 Å². The SMILES string of the molecule is CCNCc1c(C)nn(C(C)C#N)c1C. The molecule has 0 aromatic carbocycles. The van der Waals surface area contributed by atoms with Crippen molar-refractivity contribution in [1.82, 2.24) is 15.1 Å². The maximum Gasteiger partial charge on any atom is 0.136 e. The first kappa shape index (κ1) is 11.7. The fraction of sp³-hybridized carbons (Fsp3) is 0.636. The maximum atomic E-state index is 8.86. The molecule has 0 aliphatic carbocycles. The zero-order valence-corrected chi connectivity index (χ0v) is 9.83. The summed E-state index contributed by atoms with van der Waals surface area (Å²) >= 11 is 0. The second-order valence-electron chi connectivity index (χ2n) is 3.68. The first-order chi connectivity index (χ1) is 7.11. The van der Waals surface area contributed by atoms with Crippen LogP contribution in [0.4, 0.5) is 0 Å². The molecule has 82 valence electrons. The molecule has 0 saturated heterocycles. The molecule has 1 heterocycles. The van der Waals surface area contributed by atoms with Gasteiger partial charge in [0.2, 0.25) is 0 Å². The van der Waals surface area contributed by atoms with Crippen molar-refractivity contribution in [1.29, 1.82) is 5.26 Å². The first-order valence-electron chi connectivity index (χ1n) is 5.26. The number of nitriles is 1. The van der Waals surface area contributed by atoms with E-state index in [-0.39, 0.29) is 6.04 Å². The van der Waals surface area contributed by atoms with Crippen LogP contribution in [0, 0.1) is 25.2 Å². The lowest BCUT2D eigenvalue weighted by atomic mass is 10.2. The van der Waals surface area contributed by atoms with Gasteiger partial charge in [0.15, 0.2) is 0 Å². The molecule has 1 aromatic heterocycles. The zero-order valence-electron chi connectivity index (χ0n) is 9.83. The summed E-state index contributed by atoms with van der Waals surface area (Å²) in [5.41, 5.74) is 3.30. The topological polar surface area (TPSA) is 53.6 Å². The number of nitrogens with one attached hydrogen (secondary N) is 1. The van der Waals surface area contributed by atoms with E-state index in [1.54, 1.807) is 4.68 Å². The molecule has 0 fully saturated rings. The van der Waals surface area contributed by atoms with Crippen molar-refractivity contribution in [3.05, 3.63) is 17.0 Å². The minimum atomic E-state index is -0.195. The van der Waals surface area contributed by atoms with Crippen LogP contribution in [0.25, 0.3) is 0 Å². The van der Waals surface area contributed by atoms with Crippen LogP contribution in [0.3, 0.4) is 0 Å². The second-order valence-corrected chi connectivity index (χ2v) is 3.68. The molecule has 0 aliphatic heterocycles. The Labute approximate surface area is 90.9 Å². The summed E-state index contributed by atoms with van der Waals surface area (Å²) in [4.78, 5) is 0. The summed E-state index contributed by atoms with van der Waals surface area (Å²) in [5, 5.41) is 16.5. The third-order valence-electron chi connectivity index (χ3n) is 2.58.